The summed E-state index contributed by atoms with van der Waals surface area (Å²) in [5.74, 6) is 1.33. The Kier molecular flexibility index (Phi) is 6.04. The van der Waals surface area contributed by atoms with Crippen LogP contribution in [0.4, 0.5) is 0 Å². The van der Waals surface area contributed by atoms with Crippen molar-refractivity contribution in [3.8, 4) is 17.2 Å². The highest BCUT2D eigenvalue weighted by molar-refractivity contribution is 9.10. The molecule has 26 heavy (non-hydrogen) atoms. The summed E-state index contributed by atoms with van der Waals surface area (Å²) < 4.78 is 12.4. The van der Waals surface area contributed by atoms with E-state index in [1.165, 1.54) is 6.07 Å². The molecule has 1 aliphatic rings. The number of carbonyl (C=O) groups excluding carboxylic acids is 1. The number of ether oxygens (including phenoxy) is 2. The molecule has 1 fully saturated rings. The lowest BCUT2D eigenvalue weighted by molar-refractivity contribution is 0.0587. The van der Waals surface area contributed by atoms with Crippen molar-refractivity contribution < 1.29 is 19.4 Å². The van der Waals surface area contributed by atoms with E-state index in [4.69, 9.17) is 9.47 Å². The van der Waals surface area contributed by atoms with Gasteiger partial charge in [0.25, 0.3) is 5.91 Å². The maximum absolute atomic E-state index is 12.6. The van der Waals surface area contributed by atoms with Gasteiger partial charge in [-0.2, -0.15) is 0 Å². The predicted molar refractivity (Wildman–Crippen MR) is 103 cm³/mol. The molecule has 0 saturated carbocycles. The standard InChI is InChI=1S/C20H22BrNO4/c1-2-25-18-5-3-4-6-19(18)26-15-9-11-22(12-10-15)20(24)16-8-7-14(21)13-17(16)23/h3-8,13,15,23H,2,9-12H2,1H3. The molecular formula is C20H22BrNO4. The zero-order valence-electron chi connectivity index (χ0n) is 14.7. The molecule has 2 aromatic carbocycles. The molecule has 1 amide bonds. The molecule has 5 nitrogen and oxygen atoms in total. The number of phenolic OH excluding ortho intramolecular Hbond substituents is 1. The van der Waals surface area contributed by atoms with Crippen LogP contribution in [0.2, 0.25) is 0 Å². The first-order valence-corrected chi connectivity index (χ1v) is 9.54. The topological polar surface area (TPSA) is 59.0 Å². The van der Waals surface area contributed by atoms with Crippen LogP contribution in [0.25, 0.3) is 0 Å². The second-order valence-electron chi connectivity index (χ2n) is 6.15. The van der Waals surface area contributed by atoms with Gasteiger partial charge in [0, 0.05) is 30.4 Å². The van der Waals surface area contributed by atoms with Crippen molar-refractivity contribution in [1.29, 1.82) is 0 Å². The molecule has 0 bridgehead atoms. The molecule has 0 spiro atoms. The number of halogens is 1. The normalized spacial score (nSPS) is 14.9. The second kappa shape index (κ2) is 8.45. The van der Waals surface area contributed by atoms with Gasteiger partial charge in [0.15, 0.2) is 11.5 Å². The number of benzene rings is 2. The van der Waals surface area contributed by atoms with Gasteiger partial charge in [-0.1, -0.05) is 28.1 Å². The van der Waals surface area contributed by atoms with Crippen LogP contribution in [0.5, 0.6) is 17.2 Å². The molecule has 0 aromatic heterocycles. The number of aromatic hydroxyl groups is 1. The Morgan fingerprint density at radius 2 is 1.88 bits per heavy atom. The molecular weight excluding hydrogens is 398 g/mol. The number of para-hydroxylation sites is 2. The number of phenols is 1. The lowest BCUT2D eigenvalue weighted by Gasteiger charge is -2.32. The Labute approximate surface area is 161 Å². The number of likely N-dealkylation sites (tertiary alicyclic amines) is 1. The van der Waals surface area contributed by atoms with Crippen LogP contribution < -0.4 is 9.47 Å². The van der Waals surface area contributed by atoms with Gasteiger partial charge in [-0.15, -0.1) is 0 Å². The van der Waals surface area contributed by atoms with Crippen molar-refractivity contribution in [2.45, 2.75) is 25.9 Å². The van der Waals surface area contributed by atoms with Crippen molar-refractivity contribution in [2.24, 2.45) is 0 Å². The van der Waals surface area contributed by atoms with Gasteiger partial charge in [0.1, 0.15) is 11.9 Å². The average Bonchev–Trinajstić information content (AvgIpc) is 2.64. The van der Waals surface area contributed by atoms with E-state index >= 15 is 0 Å². The first-order valence-electron chi connectivity index (χ1n) is 8.74. The van der Waals surface area contributed by atoms with Gasteiger partial charge in [-0.3, -0.25) is 4.79 Å². The minimum Gasteiger partial charge on any atom is -0.507 e. The molecule has 1 N–H and O–H groups in total. The molecule has 0 aliphatic carbocycles. The largest absolute Gasteiger partial charge is 0.507 e. The van der Waals surface area contributed by atoms with Crippen molar-refractivity contribution >= 4 is 21.8 Å². The number of piperidine rings is 1. The van der Waals surface area contributed by atoms with Crippen molar-refractivity contribution in [2.75, 3.05) is 19.7 Å². The Bertz CT molecular complexity index is 772. The van der Waals surface area contributed by atoms with Crippen LogP contribution >= 0.6 is 15.9 Å². The molecule has 0 unspecified atom stereocenters. The van der Waals surface area contributed by atoms with Gasteiger partial charge < -0.3 is 19.5 Å². The fraction of sp³-hybridized carbons (Fsp3) is 0.350. The third kappa shape index (κ3) is 4.30. The van der Waals surface area contributed by atoms with Gasteiger partial charge in [0.2, 0.25) is 0 Å². The van der Waals surface area contributed by atoms with Gasteiger partial charge >= 0.3 is 0 Å². The van der Waals surface area contributed by atoms with E-state index in [0.29, 0.717) is 25.3 Å². The third-order valence-corrected chi connectivity index (χ3v) is 4.86. The number of amides is 1. The lowest BCUT2D eigenvalue weighted by Crippen LogP contribution is -2.41. The third-order valence-electron chi connectivity index (χ3n) is 4.36. The van der Waals surface area contributed by atoms with Crippen molar-refractivity contribution in [1.82, 2.24) is 4.90 Å². The SMILES string of the molecule is CCOc1ccccc1OC1CCN(C(=O)c2ccc(Br)cc2O)CC1. The number of hydrogen-bond acceptors (Lipinski definition) is 4. The molecule has 138 valence electrons. The molecule has 1 heterocycles. The van der Waals surface area contributed by atoms with E-state index in [0.717, 1.165) is 28.8 Å². The maximum atomic E-state index is 12.6. The lowest BCUT2D eigenvalue weighted by atomic mass is 10.1. The van der Waals surface area contributed by atoms with Crippen LogP contribution in [-0.2, 0) is 0 Å². The summed E-state index contributed by atoms with van der Waals surface area (Å²) in [4.78, 5) is 14.4. The van der Waals surface area contributed by atoms with Crippen LogP contribution in [0.3, 0.4) is 0 Å². The Morgan fingerprint density at radius 3 is 2.54 bits per heavy atom. The first kappa shape index (κ1) is 18.6. The molecule has 6 heteroatoms. The minimum atomic E-state index is -0.150. The highest BCUT2D eigenvalue weighted by Gasteiger charge is 2.26. The monoisotopic (exact) mass is 419 g/mol. The molecule has 1 saturated heterocycles. The summed E-state index contributed by atoms with van der Waals surface area (Å²) in [7, 11) is 0. The highest BCUT2D eigenvalue weighted by Crippen LogP contribution is 2.30. The summed E-state index contributed by atoms with van der Waals surface area (Å²) in [6, 6.07) is 12.6. The first-order chi connectivity index (χ1) is 12.6. The van der Waals surface area contributed by atoms with Gasteiger partial charge in [-0.25, -0.2) is 0 Å². The highest BCUT2D eigenvalue weighted by atomic mass is 79.9. The zero-order chi connectivity index (χ0) is 18.5. The van der Waals surface area contributed by atoms with Crippen molar-refractivity contribution in [3.63, 3.8) is 0 Å². The fourth-order valence-corrected chi connectivity index (χ4v) is 3.38. The maximum Gasteiger partial charge on any atom is 0.257 e. The summed E-state index contributed by atoms with van der Waals surface area (Å²) in [5, 5.41) is 10.0. The van der Waals surface area contributed by atoms with E-state index in [9.17, 15) is 9.90 Å². The Morgan fingerprint density at radius 1 is 1.19 bits per heavy atom. The quantitative estimate of drug-likeness (QED) is 0.787. The molecule has 3 rings (SSSR count). The Hall–Kier alpha value is -2.21. The van der Waals surface area contributed by atoms with Gasteiger partial charge in [0.05, 0.1) is 12.2 Å². The fourth-order valence-electron chi connectivity index (χ4n) is 3.03. The number of carbonyl (C=O) groups is 1. The van der Waals surface area contributed by atoms with E-state index in [1.807, 2.05) is 31.2 Å². The average molecular weight is 420 g/mol. The van der Waals surface area contributed by atoms with Crippen LogP contribution in [-0.4, -0.2) is 41.7 Å². The summed E-state index contributed by atoms with van der Waals surface area (Å²) in [6.45, 7) is 3.72. The van der Waals surface area contributed by atoms with Crippen LogP contribution in [0.1, 0.15) is 30.1 Å². The second-order valence-corrected chi connectivity index (χ2v) is 7.07. The molecule has 0 atom stereocenters. The molecule has 2 aromatic rings. The summed E-state index contributed by atoms with van der Waals surface area (Å²) in [5.41, 5.74) is 0.328. The smallest absolute Gasteiger partial charge is 0.257 e. The zero-order valence-corrected chi connectivity index (χ0v) is 16.2. The van der Waals surface area contributed by atoms with Gasteiger partial charge in [-0.05, 0) is 37.3 Å². The Balaban J connectivity index is 1.60. The minimum absolute atomic E-state index is 0.00612. The van der Waals surface area contributed by atoms with E-state index in [-0.39, 0.29) is 17.8 Å². The van der Waals surface area contributed by atoms with Crippen LogP contribution in [0.15, 0.2) is 46.9 Å². The number of rotatable bonds is 5. The van der Waals surface area contributed by atoms with Crippen molar-refractivity contribution in [3.05, 3.63) is 52.5 Å². The van der Waals surface area contributed by atoms with Crippen LogP contribution in [0, 0.1) is 0 Å². The van der Waals surface area contributed by atoms with E-state index < -0.39 is 0 Å². The predicted octanol–water partition coefficient (Wildman–Crippen LogP) is 4.24. The molecule has 0 radical (unpaired) electrons. The number of nitrogens with zero attached hydrogens (tertiary/aromatic N) is 1. The summed E-state index contributed by atoms with van der Waals surface area (Å²) in [6.07, 6.45) is 1.52. The summed E-state index contributed by atoms with van der Waals surface area (Å²) >= 11 is 3.29. The molecule has 1 aliphatic heterocycles. The number of hydrogen-bond donors (Lipinski definition) is 1. The van der Waals surface area contributed by atoms with E-state index in [2.05, 4.69) is 15.9 Å². The van der Waals surface area contributed by atoms with E-state index in [1.54, 1.807) is 17.0 Å².